The number of nitrogens with one attached hydrogen (secondary N) is 2. The van der Waals surface area contributed by atoms with Crippen molar-refractivity contribution in [3.8, 4) is 11.5 Å². The molecule has 22 heteroatoms. The van der Waals surface area contributed by atoms with Crippen molar-refractivity contribution in [2.24, 2.45) is 10.2 Å². The van der Waals surface area contributed by atoms with Gasteiger partial charge in [0.25, 0.3) is 22.7 Å². The third-order valence-electron chi connectivity index (χ3n) is 6.27. The quantitative estimate of drug-likeness (QED) is 0.0531. The Morgan fingerprint density at radius 1 is 0.500 bits per heavy atom. The fourth-order valence-corrected chi connectivity index (χ4v) is 3.86. The van der Waals surface area contributed by atoms with Gasteiger partial charge in [-0.2, -0.15) is 10.2 Å². The topological polar surface area (TPSA) is 308 Å². The molecule has 262 valence electrons. The predicted molar refractivity (Wildman–Crippen MR) is 174 cm³/mol. The van der Waals surface area contributed by atoms with Crippen LogP contribution in [0.25, 0.3) is 0 Å². The molecule has 0 unspecified atom stereocenters. The third-order valence-corrected chi connectivity index (χ3v) is 6.27. The number of hydrogen-bond donors (Lipinski definition) is 2. The van der Waals surface area contributed by atoms with Crippen LogP contribution in [-0.2, 0) is 9.59 Å². The number of nitro benzene ring substituents is 4. The van der Waals surface area contributed by atoms with Gasteiger partial charge in [0.1, 0.15) is 11.5 Å². The van der Waals surface area contributed by atoms with E-state index in [1.165, 1.54) is 48.5 Å². The Morgan fingerprint density at radius 2 is 0.788 bits per heavy atom. The number of carbonyl (C=O) groups excluding carboxylic acids is 4. The maximum atomic E-state index is 12.4. The minimum absolute atomic E-state index is 0.0259. The smallest absolute Gasteiger partial charge is 0.344 e. The first-order valence-electron chi connectivity index (χ1n) is 13.9. The summed E-state index contributed by atoms with van der Waals surface area (Å²) in [4.78, 5) is 89.5. The molecule has 0 heterocycles. The standard InChI is InChI=1S/C30H18N8O14/c39-27(33-31-15-17-1-5-25(6-2-17)51-29(41)19-9-21(35(43)44)13-22(10-19)36(45)46)28(40)34-32-16-18-3-7-26(8-4-18)52-30(42)20-11-23(37(47)48)14-24(12-20)38(49)50/h1-16H,(H,33,39)(H,34,40). The van der Waals surface area contributed by atoms with Crippen LogP contribution in [0.3, 0.4) is 0 Å². The van der Waals surface area contributed by atoms with Gasteiger partial charge >= 0.3 is 23.8 Å². The van der Waals surface area contributed by atoms with Crippen molar-refractivity contribution in [2.45, 2.75) is 0 Å². The highest BCUT2D eigenvalue weighted by Crippen LogP contribution is 2.25. The number of nitro groups is 4. The van der Waals surface area contributed by atoms with Gasteiger partial charge in [-0.05, 0) is 59.7 Å². The summed E-state index contributed by atoms with van der Waals surface area (Å²) in [5.74, 6) is -4.64. The molecule has 0 aromatic heterocycles. The molecule has 4 aromatic rings. The second kappa shape index (κ2) is 16.2. The number of hydrazone groups is 2. The normalized spacial score (nSPS) is 10.7. The summed E-state index contributed by atoms with van der Waals surface area (Å²) >= 11 is 0. The zero-order chi connectivity index (χ0) is 37.9. The molecule has 0 saturated carbocycles. The SMILES string of the molecule is O=C(NN=Cc1ccc(OC(=O)c2cc([N+](=O)[O-])cc([N+](=O)[O-])c2)cc1)C(=O)NN=Cc1ccc(OC(=O)c2cc([N+](=O)[O-])cc([N+](=O)[O-])c2)cc1. The second-order valence-electron chi connectivity index (χ2n) is 9.82. The minimum atomic E-state index is -1.20. The van der Waals surface area contributed by atoms with E-state index in [-0.39, 0.29) is 11.5 Å². The molecular formula is C30H18N8O14. The van der Waals surface area contributed by atoms with Gasteiger partial charge in [-0.1, -0.05) is 0 Å². The van der Waals surface area contributed by atoms with Crippen molar-refractivity contribution < 1.29 is 48.3 Å². The van der Waals surface area contributed by atoms with Crippen molar-refractivity contribution in [3.05, 3.63) is 148 Å². The highest BCUT2D eigenvalue weighted by molar-refractivity contribution is 6.35. The van der Waals surface area contributed by atoms with Gasteiger partial charge in [-0.3, -0.25) is 50.0 Å². The molecule has 0 fully saturated rings. The van der Waals surface area contributed by atoms with E-state index in [1.807, 2.05) is 10.9 Å². The highest BCUT2D eigenvalue weighted by atomic mass is 16.6. The summed E-state index contributed by atoms with van der Waals surface area (Å²) in [7, 11) is 0. The molecule has 0 radical (unpaired) electrons. The molecule has 0 spiro atoms. The summed E-state index contributed by atoms with van der Waals surface area (Å²) in [5, 5.41) is 51.4. The summed E-state index contributed by atoms with van der Waals surface area (Å²) in [6.07, 6.45) is 2.28. The molecule has 0 atom stereocenters. The molecule has 4 rings (SSSR count). The van der Waals surface area contributed by atoms with Crippen LogP contribution in [0.4, 0.5) is 22.7 Å². The average molecular weight is 715 g/mol. The third kappa shape index (κ3) is 9.86. The Labute approximate surface area is 287 Å². The van der Waals surface area contributed by atoms with E-state index in [0.717, 1.165) is 36.7 Å². The molecule has 0 saturated heterocycles. The molecule has 0 aliphatic heterocycles. The van der Waals surface area contributed by atoms with Gasteiger partial charge in [-0.25, -0.2) is 20.4 Å². The van der Waals surface area contributed by atoms with E-state index >= 15 is 0 Å². The number of benzene rings is 4. The summed E-state index contributed by atoms with van der Waals surface area (Å²) < 4.78 is 10.2. The molecular weight excluding hydrogens is 696 g/mol. The number of carbonyl (C=O) groups is 4. The molecule has 4 aromatic carbocycles. The number of esters is 2. The lowest BCUT2D eigenvalue weighted by molar-refractivity contribution is -0.394. The van der Waals surface area contributed by atoms with Gasteiger partial charge in [0.15, 0.2) is 0 Å². The van der Waals surface area contributed by atoms with E-state index in [4.69, 9.17) is 9.47 Å². The van der Waals surface area contributed by atoms with Crippen molar-refractivity contribution in [3.63, 3.8) is 0 Å². The van der Waals surface area contributed by atoms with E-state index in [0.29, 0.717) is 23.3 Å². The van der Waals surface area contributed by atoms with Gasteiger partial charge < -0.3 is 9.47 Å². The van der Waals surface area contributed by atoms with Gasteiger partial charge in [0.05, 0.1) is 55.4 Å². The summed E-state index contributed by atoms with van der Waals surface area (Å²) in [6.45, 7) is 0. The van der Waals surface area contributed by atoms with Crippen LogP contribution in [0.5, 0.6) is 11.5 Å². The molecule has 0 aliphatic carbocycles. The van der Waals surface area contributed by atoms with Gasteiger partial charge in [0.2, 0.25) is 0 Å². The van der Waals surface area contributed by atoms with Crippen molar-refractivity contribution in [1.82, 2.24) is 10.9 Å². The van der Waals surface area contributed by atoms with Crippen LogP contribution in [0, 0.1) is 40.5 Å². The fraction of sp³-hybridized carbons (Fsp3) is 0. The number of non-ortho nitro benzene ring substituents is 4. The predicted octanol–water partition coefficient (Wildman–Crippen LogP) is 3.36. The van der Waals surface area contributed by atoms with Crippen LogP contribution in [-0.4, -0.2) is 55.9 Å². The maximum absolute atomic E-state index is 12.4. The van der Waals surface area contributed by atoms with E-state index in [1.54, 1.807) is 0 Å². The maximum Gasteiger partial charge on any atom is 0.344 e. The number of nitrogens with zero attached hydrogens (tertiary/aromatic N) is 6. The molecule has 2 amide bonds. The van der Waals surface area contributed by atoms with E-state index in [9.17, 15) is 59.6 Å². The number of amides is 2. The molecule has 2 N–H and O–H groups in total. The van der Waals surface area contributed by atoms with E-state index < -0.39 is 77.3 Å². The first-order valence-corrected chi connectivity index (χ1v) is 13.9. The molecule has 0 bridgehead atoms. The lowest BCUT2D eigenvalue weighted by Crippen LogP contribution is -2.35. The van der Waals surface area contributed by atoms with Crippen molar-refractivity contribution >= 4 is 58.9 Å². The summed E-state index contributed by atoms with van der Waals surface area (Å²) in [5.41, 5.74) is 1.11. The lowest BCUT2D eigenvalue weighted by Gasteiger charge is -2.05. The van der Waals surface area contributed by atoms with E-state index in [2.05, 4.69) is 10.2 Å². The van der Waals surface area contributed by atoms with Crippen molar-refractivity contribution in [2.75, 3.05) is 0 Å². The largest absolute Gasteiger partial charge is 0.423 e. The van der Waals surface area contributed by atoms with Gasteiger partial charge in [-0.15, -0.1) is 0 Å². The Morgan fingerprint density at radius 3 is 1.06 bits per heavy atom. The zero-order valence-electron chi connectivity index (χ0n) is 25.6. The van der Waals surface area contributed by atoms with Crippen LogP contribution < -0.4 is 20.3 Å². The summed E-state index contributed by atoms with van der Waals surface area (Å²) in [6, 6.07) is 15.5. The molecule has 0 aliphatic rings. The van der Waals surface area contributed by atoms with Crippen LogP contribution in [0.15, 0.2) is 95.1 Å². The first-order chi connectivity index (χ1) is 24.7. The molecule has 52 heavy (non-hydrogen) atoms. The minimum Gasteiger partial charge on any atom is -0.423 e. The van der Waals surface area contributed by atoms with Crippen LogP contribution in [0.1, 0.15) is 31.8 Å². The molecule has 22 nitrogen and oxygen atoms in total. The first kappa shape index (κ1) is 36.5. The fourth-order valence-electron chi connectivity index (χ4n) is 3.86. The average Bonchev–Trinajstić information content (AvgIpc) is 3.12. The number of ether oxygens (including phenoxy) is 2. The lowest BCUT2D eigenvalue weighted by atomic mass is 10.1. The number of rotatable bonds is 12. The second-order valence-corrected chi connectivity index (χ2v) is 9.82. The van der Waals surface area contributed by atoms with Crippen LogP contribution >= 0.6 is 0 Å². The monoisotopic (exact) mass is 714 g/mol. The Bertz CT molecular complexity index is 1970. The Kier molecular flexibility index (Phi) is 11.4. The Balaban J connectivity index is 1.25. The van der Waals surface area contributed by atoms with Crippen LogP contribution in [0.2, 0.25) is 0 Å². The zero-order valence-corrected chi connectivity index (χ0v) is 25.6. The number of hydrogen-bond acceptors (Lipinski definition) is 16. The van der Waals surface area contributed by atoms with Crippen molar-refractivity contribution in [1.29, 1.82) is 0 Å². The van der Waals surface area contributed by atoms with Gasteiger partial charge in [0, 0.05) is 24.3 Å². The Hall–Kier alpha value is -8.30. The highest BCUT2D eigenvalue weighted by Gasteiger charge is 2.22.